The zero-order valence-electron chi connectivity index (χ0n) is 20.9. The number of halogens is 3. The van der Waals surface area contributed by atoms with E-state index in [2.05, 4.69) is 14.6 Å². The van der Waals surface area contributed by atoms with E-state index in [1.807, 2.05) is 30.0 Å². The van der Waals surface area contributed by atoms with Crippen LogP contribution < -0.4 is 14.4 Å². The number of thiazole rings is 1. The van der Waals surface area contributed by atoms with E-state index in [0.29, 0.717) is 44.2 Å². The predicted octanol–water partition coefficient (Wildman–Crippen LogP) is 4.27. The molecular formula is C26H27F3N4O5S. The highest BCUT2D eigenvalue weighted by molar-refractivity contribution is 7.18. The maximum Gasteiger partial charge on any atom is 0.573 e. The third-order valence-corrected chi connectivity index (χ3v) is 7.31. The van der Waals surface area contributed by atoms with Crippen LogP contribution in [-0.2, 0) is 0 Å². The van der Waals surface area contributed by atoms with Crippen LogP contribution in [0.5, 0.6) is 23.3 Å². The van der Waals surface area contributed by atoms with Gasteiger partial charge in [-0.05, 0) is 43.3 Å². The summed E-state index contributed by atoms with van der Waals surface area (Å²) in [6, 6.07) is 11.9. The molecule has 5 rings (SSSR count). The van der Waals surface area contributed by atoms with Crippen molar-refractivity contribution in [3.05, 3.63) is 53.5 Å². The Balaban J connectivity index is 1.14. The van der Waals surface area contributed by atoms with Crippen LogP contribution in [0.3, 0.4) is 0 Å². The number of hydrogen-bond donors (Lipinski definition) is 3. The van der Waals surface area contributed by atoms with Gasteiger partial charge < -0.3 is 29.7 Å². The molecule has 0 aliphatic carbocycles. The van der Waals surface area contributed by atoms with Gasteiger partial charge in [-0.15, -0.1) is 24.5 Å². The second kappa shape index (κ2) is 10.8. The molecule has 13 heteroatoms. The van der Waals surface area contributed by atoms with Gasteiger partial charge in [0, 0.05) is 44.9 Å². The first-order valence-corrected chi connectivity index (χ1v) is 13.0. The predicted molar refractivity (Wildman–Crippen MR) is 140 cm³/mol. The highest BCUT2D eigenvalue weighted by atomic mass is 32.1. The molecule has 0 saturated carbocycles. The number of aromatic hydroxyl groups is 2. The van der Waals surface area contributed by atoms with Gasteiger partial charge in [0.2, 0.25) is 11.8 Å². The fraction of sp³-hybridized carbons (Fsp3) is 0.346. The molecule has 39 heavy (non-hydrogen) atoms. The number of aromatic nitrogens is 2. The van der Waals surface area contributed by atoms with Crippen LogP contribution in [0, 0.1) is 6.92 Å². The van der Waals surface area contributed by atoms with Crippen molar-refractivity contribution in [1.82, 2.24) is 14.5 Å². The molecule has 0 amide bonds. The van der Waals surface area contributed by atoms with E-state index in [0.717, 1.165) is 31.9 Å². The Morgan fingerprint density at radius 1 is 1.00 bits per heavy atom. The molecule has 2 aromatic heterocycles. The quantitative estimate of drug-likeness (QED) is 0.292. The van der Waals surface area contributed by atoms with Gasteiger partial charge >= 0.3 is 6.36 Å². The summed E-state index contributed by atoms with van der Waals surface area (Å²) in [5, 5.41) is 32.7. The molecule has 3 N–H and O–H groups in total. The zero-order chi connectivity index (χ0) is 27.7. The van der Waals surface area contributed by atoms with Crippen molar-refractivity contribution in [1.29, 1.82) is 0 Å². The van der Waals surface area contributed by atoms with Crippen LogP contribution >= 0.6 is 11.3 Å². The second-order valence-electron chi connectivity index (χ2n) is 9.20. The number of rotatable bonds is 8. The molecule has 0 radical (unpaired) electrons. The maximum absolute atomic E-state index is 12.4. The van der Waals surface area contributed by atoms with Gasteiger partial charge in [-0.3, -0.25) is 4.90 Å². The molecule has 0 bridgehead atoms. The molecule has 1 fully saturated rings. The van der Waals surface area contributed by atoms with Crippen molar-refractivity contribution >= 4 is 27.2 Å². The molecular weight excluding hydrogens is 537 g/mol. The number of hydrogen-bond acceptors (Lipinski definition) is 9. The number of nitrogens with zero attached hydrogens (tertiary/aromatic N) is 4. The van der Waals surface area contributed by atoms with Crippen molar-refractivity contribution in [2.75, 3.05) is 44.2 Å². The molecule has 1 aliphatic rings. The minimum atomic E-state index is -4.81. The Labute approximate surface area is 225 Å². The number of aryl methyl sites for hydroxylation is 1. The van der Waals surface area contributed by atoms with Crippen LogP contribution in [-0.4, -0.2) is 81.6 Å². The molecule has 208 valence electrons. The standard InChI is InChI=1S/C26H27F3N4O5S/c1-16-30-21-12-20(6-7-23(21)39-16)37-15-18(34)14-31-8-10-32(11-9-31)22-13-24(35)33(25(22)36)17-2-4-19(5-3-17)38-26(27,28)29/h2-7,12-13,18,34-36H,8-11,14-15H2,1H3. The van der Waals surface area contributed by atoms with E-state index in [-0.39, 0.29) is 24.1 Å². The summed E-state index contributed by atoms with van der Waals surface area (Å²) in [6.45, 7) is 4.78. The monoisotopic (exact) mass is 564 g/mol. The highest BCUT2D eigenvalue weighted by Gasteiger charge is 2.31. The smallest absolute Gasteiger partial charge is 0.494 e. The lowest BCUT2D eigenvalue weighted by Gasteiger charge is -2.36. The van der Waals surface area contributed by atoms with Gasteiger partial charge in [0.15, 0.2) is 0 Å². The minimum Gasteiger partial charge on any atom is -0.494 e. The van der Waals surface area contributed by atoms with Crippen molar-refractivity contribution in [2.24, 2.45) is 0 Å². The van der Waals surface area contributed by atoms with E-state index < -0.39 is 18.2 Å². The average molecular weight is 565 g/mol. The van der Waals surface area contributed by atoms with Crippen molar-refractivity contribution in [3.8, 4) is 28.9 Å². The first kappa shape index (κ1) is 26.9. The number of fused-ring (bicyclic) bond motifs is 1. The molecule has 1 saturated heterocycles. The number of benzene rings is 2. The lowest BCUT2D eigenvalue weighted by atomic mass is 10.2. The molecule has 9 nitrogen and oxygen atoms in total. The molecule has 1 unspecified atom stereocenters. The largest absolute Gasteiger partial charge is 0.573 e. The van der Waals surface area contributed by atoms with Crippen molar-refractivity contribution in [2.45, 2.75) is 19.4 Å². The van der Waals surface area contributed by atoms with Crippen LogP contribution in [0.2, 0.25) is 0 Å². The molecule has 4 aromatic rings. The first-order valence-electron chi connectivity index (χ1n) is 12.2. The van der Waals surface area contributed by atoms with Crippen molar-refractivity contribution < 1.29 is 38.0 Å². The summed E-state index contributed by atoms with van der Waals surface area (Å²) >= 11 is 1.61. The highest BCUT2D eigenvalue weighted by Crippen LogP contribution is 2.39. The number of aliphatic hydroxyl groups is 1. The van der Waals surface area contributed by atoms with E-state index in [4.69, 9.17) is 4.74 Å². The van der Waals surface area contributed by atoms with Crippen LogP contribution in [0.15, 0.2) is 48.5 Å². The Hall–Kier alpha value is -3.68. The third kappa shape index (κ3) is 6.32. The normalized spacial score (nSPS) is 15.6. The molecule has 0 spiro atoms. The number of anilines is 1. The number of piperazine rings is 1. The summed E-state index contributed by atoms with van der Waals surface area (Å²) in [6.07, 6.45) is -5.51. The summed E-state index contributed by atoms with van der Waals surface area (Å²) in [5.41, 5.74) is 1.55. The topological polar surface area (TPSA) is 103 Å². The third-order valence-electron chi connectivity index (χ3n) is 6.35. The molecule has 1 aliphatic heterocycles. The fourth-order valence-corrected chi connectivity index (χ4v) is 5.39. The van der Waals surface area contributed by atoms with E-state index in [9.17, 15) is 28.5 Å². The van der Waals surface area contributed by atoms with Gasteiger partial charge in [0.05, 0.1) is 20.9 Å². The number of ether oxygens (including phenoxy) is 2. The Bertz CT molecular complexity index is 1430. The van der Waals surface area contributed by atoms with Crippen LogP contribution in [0.25, 0.3) is 15.9 Å². The Kier molecular flexibility index (Phi) is 7.47. The number of aliphatic hydroxyl groups excluding tert-OH is 1. The first-order chi connectivity index (χ1) is 18.6. The number of alkyl halides is 3. The van der Waals surface area contributed by atoms with E-state index in [1.165, 1.54) is 18.2 Å². The second-order valence-corrected chi connectivity index (χ2v) is 10.4. The molecule has 1 atom stereocenters. The van der Waals surface area contributed by atoms with Gasteiger partial charge in [-0.25, -0.2) is 9.55 Å². The summed E-state index contributed by atoms with van der Waals surface area (Å²) < 4.78 is 49.1. The fourth-order valence-electron chi connectivity index (χ4n) is 4.59. The van der Waals surface area contributed by atoms with E-state index >= 15 is 0 Å². The summed E-state index contributed by atoms with van der Waals surface area (Å²) in [7, 11) is 0. The lowest BCUT2D eigenvalue weighted by Crippen LogP contribution is -2.49. The molecule has 3 heterocycles. The van der Waals surface area contributed by atoms with Gasteiger partial charge in [-0.2, -0.15) is 0 Å². The minimum absolute atomic E-state index is 0.138. The van der Waals surface area contributed by atoms with Crippen LogP contribution in [0.1, 0.15) is 5.01 Å². The van der Waals surface area contributed by atoms with Crippen molar-refractivity contribution in [3.63, 3.8) is 0 Å². The average Bonchev–Trinajstić information content (AvgIpc) is 3.40. The zero-order valence-corrected chi connectivity index (χ0v) is 21.7. The maximum atomic E-state index is 12.4. The molecule has 2 aromatic carbocycles. The Morgan fingerprint density at radius 2 is 1.69 bits per heavy atom. The summed E-state index contributed by atoms with van der Waals surface area (Å²) in [4.78, 5) is 8.45. The van der Waals surface area contributed by atoms with Crippen LogP contribution in [0.4, 0.5) is 18.9 Å². The van der Waals surface area contributed by atoms with Gasteiger partial charge in [0.1, 0.15) is 29.9 Å². The SMILES string of the molecule is Cc1nc2cc(OCC(O)CN3CCN(c4cc(O)n(-c5ccc(OC(F)(F)F)cc5)c4O)CC3)ccc2s1. The van der Waals surface area contributed by atoms with E-state index in [1.54, 1.807) is 11.3 Å². The van der Waals surface area contributed by atoms with Gasteiger partial charge in [-0.1, -0.05) is 0 Å². The summed E-state index contributed by atoms with van der Waals surface area (Å²) in [5.74, 6) is -0.241. The lowest BCUT2D eigenvalue weighted by molar-refractivity contribution is -0.274. The number of β-amino-alcohol motifs (C(OH)–C–C–N with tert-alkyl or cyclic N) is 1. The Morgan fingerprint density at radius 3 is 2.38 bits per heavy atom. The van der Waals surface area contributed by atoms with Gasteiger partial charge in [0.25, 0.3) is 0 Å².